The van der Waals surface area contributed by atoms with Crippen molar-refractivity contribution in [1.82, 2.24) is 58.0 Å². The van der Waals surface area contributed by atoms with Crippen LogP contribution in [0, 0.1) is 11.8 Å². The van der Waals surface area contributed by atoms with Crippen molar-refractivity contribution in [3.63, 3.8) is 0 Å². The maximum atomic E-state index is 13.8. The number of nitrogens with zero attached hydrogens (tertiary/aromatic N) is 1. The number of nitrogens with one attached hydrogen (secondary N) is 10. The third-order valence-electron chi connectivity index (χ3n) is 12.1. The van der Waals surface area contributed by atoms with Crippen molar-refractivity contribution < 1.29 is 48.4 Å². The van der Waals surface area contributed by atoms with E-state index in [9.17, 15) is 48.4 Å². The fraction of sp³-hybridized carbons (Fsp3) is 0.714. The monoisotopic (exact) mass is 948 g/mol. The van der Waals surface area contributed by atoms with Gasteiger partial charge in [-0.1, -0.05) is 25.7 Å². The number of aromatic nitrogens is 2. The molecular formula is C42H69N13O10S. The molecule has 24 heteroatoms. The van der Waals surface area contributed by atoms with E-state index >= 15 is 0 Å². The first-order valence-electron chi connectivity index (χ1n) is 23.1. The summed E-state index contributed by atoms with van der Waals surface area (Å²) in [4.78, 5) is 121. The summed E-state index contributed by atoms with van der Waals surface area (Å²) >= 11 is 1.84. The van der Waals surface area contributed by atoms with Crippen LogP contribution in [0.2, 0.25) is 0 Å². The fourth-order valence-corrected chi connectivity index (χ4v) is 10.1. The number of nitrogens with two attached hydrogens (primary N) is 2. The van der Waals surface area contributed by atoms with Gasteiger partial charge in [0.05, 0.1) is 31.5 Å². The lowest BCUT2D eigenvalue weighted by Crippen LogP contribution is -2.56. The molecule has 10 amide bonds. The van der Waals surface area contributed by atoms with Gasteiger partial charge in [-0.25, -0.2) is 15.3 Å². The number of thioether (sulfide) groups is 1. The van der Waals surface area contributed by atoms with Crippen molar-refractivity contribution >= 4 is 65.1 Å². The highest BCUT2D eigenvalue weighted by Gasteiger charge is 2.42. The van der Waals surface area contributed by atoms with Crippen LogP contribution in [-0.4, -0.2) is 136 Å². The second-order valence-electron chi connectivity index (χ2n) is 17.2. The van der Waals surface area contributed by atoms with Gasteiger partial charge < -0.3 is 59.0 Å². The lowest BCUT2D eigenvalue weighted by molar-refractivity contribution is -0.138. The molecule has 15 N–H and O–H groups in total. The molecule has 1 unspecified atom stereocenters. The molecule has 0 bridgehead atoms. The molecule has 23 nitrogen and oxygen atoms in total. The van der Waals surface area contributed by atoms with Crippen LogP contribution in [0.5, 0.6) is 0 Å². The first-order chi connectivity index (χ1) is 31.8. The van der Waals surface area contributed by atoms with E-state index in [-0.39, 0.29) is 55.6 Å². The summed E-state index contributed by atoms with van der Waals surface area (Å²) in [6, 6.07) is -3.18. The van der Waals surface area contributed by atoms with Crippen molar-refractivity contribution in [2.24, 2.45) is 23.3 Å². The topological polar surface area (TPSA) is 363 Å². The molecule has 1 aromatic rings. The minimum absolute atomic E-state index is 0.0597. The number of unbranched alkanes of at least 4 members (excludes halogenated alkanes) is 3. The van der Waals surface area contributed by atoms with E-state index in [0.717, 1.165) is 57.1 Å². The molecular weight excluding hydrogens is 879 g/mol. The van der Waals surface area contributed by atoms with Gasteiger partial charge in [-0.05, 0) is 76.7 Å². The smallest absolute Gasteiger partial charge is 0.315 e. The molecule has 3 aliphatic rings. The molecule has 1 aromatic heterocycles. The molecule has 66 heavy (non-hydrogen) atoms. The highest BCUT2D eigenvalue weighted by atomic mass is 32.2. The minimum atomic E-state index is -1.24. The highest BCUT2D eigenvalue weighted by molar-refractivity contribution is 8.00. The normalized spacial score (nSPS) is 19.7. The molecule has 1 aliphatic carbocycles. The van der Waals surface area contributed by atoms with Crippen molar-refractivity contribution in [3.05, 3.63) is 18.2 Å². The number of rotatable bonds is 30. The first kappa shape index (κ1) is 53.1. The van der Waals surface area contributed by atoms with Crippen LogP contribution in [0.15, 0.2) is 12.5 Å². The van der Waals surface area contributed by atoms with Crippen LogP contribution in [0.1, 0.15) is 108 Å². The van der Waals surface area contributed by atoms with Gasteiger partial charge in [0.2, 0.25) is 47.3 Å². The van der Waals surface area contributed by atoms with Crippen LogP contribution >= 0.6 is 11.8 Å². The summed E-state index contributed by atoms with van der Waals surface area (Å²) in [6.45, 7) is -0.372. The Labute approximate surface area is 388 Å². The largest absolute Gasteiger partial charge is 0.368 e. The average Bonchev–Trinajstić information content (AvgIpc) is 4.05. The second-order valence-corrected chi connectivity index (χ2v) is 18.4. The zero-order valence-corrected chi connectivity index (χ0v) is 38.3. The van der Waals surface area contributed by atoms with Crippen molar-refractivity contribution in [2.75, 3.05) is 31.9 Å². The molecule has 0 spiro atoms. The molecule has 2 saturated heterocycles. The number of aromatic amines is 1. The van der Waals surface area contributed by atoms with Gasteiger partial charge in [0, 0.05) is 54.6 Å². The number of carbonyl (C=O) groups is 9. The standard InChI is InChI=1S/C42H69N13O10S/c43-16-8-6-13-29(51-39(61)27(19-34(57)55-65)25-10-2-1-3-11-25)41(63)52-30(18-26-20-45-24-49-26)40(62)48-21-35(58)47-22-36(59)50-28(38(44)60)12-7-9-17-46-33(56)15-5-4-14-32-37-31(23-66-32)53-42(64)54-37/h20,24-25,27-32,37,65H,1-19,21-23,43H2,(H2,44,60)(H,45,49)(H,46,56)(H,47,58)(H,48,62)(H,50,59)(H,51,61)(H,52,63)(H,55,57)(H2,53,54,64)/t27?,28-,29-,30-,31-,32-,37-/m0/s1. The summed E-state index contributed by atoms with van der Waals surface area (Å²) in [6.07, 6.45) is 12.0. The Kier molecular flexibility index (Phi) is 23.0. The van der Waals surface area contributed by atoms with Crippen LogP contribution in [0.3, 0.4) is 0 Å². The van der Waals surface area contributed by atoms with Gasteiger partial charge in [-0.15, -0.1) is 0 Å². The Morgan fingerprint density at radius 3 is 2.21 bits per heavy atom. The molecule has 0 radical (unpaired) electrons. The lowest BCUT2D eigenvalue weighted by Gasteiger charge is -2.30. The Bertz CT molecular complexity index is 1780. The maximum Gasteiger partial charge on any atom is 0.315 e. The third-order valence-corrected chi connectivity index (χ3v) is 13.7. The third kappa shape index (κ3) is 18.4. The molecule has 3 heterocycles. The summed E-state index contributed by atoms with van der Waals surface area (Å²) < 4.78 is 0. The molecule has 4 rings (SSSR count). The van der Waals surface area contributed by atoms with E-state index in [4.69, 9.17) is 11.5 Å². The number of hydrogen-bond donors (Lipinski definition) is 13. The summed E-state index contributed by atoms with van der Waals surface area (Å²) in [5.41, 5.74) is 13.3. The Morgan fingerprint density at radius 1 is 0.773 bits per heavy atom. The summed E-state index contributed by atoms with van der Waals surface area (Å²) in [5.74, 6) is -4.98. The Morgan fingerprint density at radius 2 is 1.50 bits per heavy atom. The predicted molar refractivity (Wildman–Crippen MR) is 242 cm³/mol. The Hall–Kier alpha value is -5.49. The van der Waals surface area contributed by atoms with Crippen LogP contribution in [-0.2, 0) is 44.8 Å². The van der Waals surface area contributed by atoms with Crippen LogP contribution < -0.4 is 59.5 Å². The van der Waals surface area contributed by atoms with Gasteiger partial charge in [-0.3, -0.25) is 43.6 Å². The van der Waals surface area contributed by atoms with Crippen molar-refractivity contribution in [2.45, 2.75) is 145 Å². The summed E-state index contributed by atoms with van der Waals surface area (Å²) in [5, 5.41) is 31.1. The first-order valence-corrected chi connectivity index (χ1v) is 24.1. The van der Waals surface area contributed by atoms with E-state index < -0.39 is 78.5 Å². The van der Waals surface area contributed by atoms with Crippen molar-refractivity contribution in [3.8, 4) is 0 Å². The predicted octanol–water partition coefficient (Wildman–Crippen LogP) is -1.64. The molecule has 7 atom stereocenters. The molecule has 3 fully saturated rings. The van der Waals surface area contributed by atoms with E-state index in [1.165, 1.54) is 12.5 Å². The van der Waals surface area contributed by atoms with Crippen molar-refractivity contribution in [1.29, 1.82) is 0 Å². The minimum Gasteiger partial charge on any atom is -0.368 e. The number of primary amides is 1. The second kappa shape index (κ2) is 28.5. The number of urea groups is 1. The Balaban J connectivity index is 1.18. The maximum absolute atomic E-state index is 13.8. The highest BCUT2D eigenvalue weighted by Crippen LogP contribution is 2.34. The van der Waals surface area contributed by atoms with E-state index in [1.54, 1.807) is 5.48 Å². The lowest BCUT2D eigenvalue weighted by atomic mass is 9.78. The quantitative estimate of drug-likeness (QED) is 0.0178. The fourth-order valence-electron chi connectivity index (χ4n) is 8.52. The molecule has 2 aliphatic heterocycles. The number of H-pyrrole nitrogens is 1. The number of imidazole rings is 1. The van der Waals surface area contributed by atoms with Gasteiger partial charge in [-0.2, -0.15) is 11.8 Å². The van der Waals surface area contributed by atoms with Gasteiger partial charge >= 0.3 is 6.03 Å². The van der Waals surface area contributed by atoms with Gasteiger partial charge in [0.15, 0.2) is 0 Å². The number of amides is 10. The SMILES string of the molecule is NCCCC[C@H](NC(=O)C(CC(=O)NO)C1CCCCC1)C(=O)N[C@@H](Cc1cnc[nH]1)C(=O)NCC(=O)NCC(=O)N[C@@H](CCCCNC(=O)CCCC[C@@H]1SC[C@@H]2NC(=O)N[C@@H]21)C(N)=O. The van der Waals surface area contributed by atoms with E-state index in [2.05, 4.69) is 52.5 Å². The van der Waals surface area contributed by atoms with Gasteiger partial charge in [0.25, 0.3) is 0 Å². The van der Waals surface area contributed by atoms with Crippen LogP contribution in [0.4, 0.5) is 4.79 Å². The molecule has 0 aromatic carbocycles. The van der Waals surface area contributed by atoms with E-state index in [1.807, 2.05) is 11.8 Å². The molecule has 1 saturated carbocycles. The van der Waals surface area contributed by atoms with Gasteiger partial charge in [0.1, 0.15) is 18.1 Å². The summed E-state index contributed by atoms with van der Waals surface area (Å²) in [7, 11) is 0. The number of fused-ring (bicyclic) bond motifs is 1. The molecule has 368 valence electrons. The average molecular weight is 948 g/mol. The van der Waals surface area contributed by atoms with Crippen LogP contribution in [0.25, 0.3) is 0 Å². The van der Waals surface area contributed by atoms with E-state index in [0.29, 0.717) is 56.1 Å². The number of carbonyl (C=O) groups excluding carboxylic acids is 9. The number of hydroxylamine groups is 1. The zero-order chi connectivity index (χ0) is 47.8. The zero-order valence-electron chi connectivity index (χ0n) is 37.5. The number of hydrogen-bond acceptors (Lipinski definition) is 13.